The number of carbonyl (C=O) groups is 3. The molecule has 0 spiro atoms. The molecule has 3 aromatic rings. The first kappa shape index (κ1) is 45.2. The summed E-state index contributed by atoms with van der Waals surface area (Å²) in [4.78, 5) is 52.5. The van der Waals surface area contributed by atoms with Gasteiger partial charge in [0.1, 0.15) is 0 Å². The van der Waals surface area contributed by atoms with E-state index in [0.717, 1.165) is 39.3 Å². The fourth-order valence-electron chi connectivity index (χ4n) is 3.89. The summed E-state index contributed by atoms with van der Waals surface area (Å²) < 4.78 is 0. The summed E-state index contributed by atoms with van der Waals surface area (Å²) in [6.07, 6.45) is 0. The van der Waals surface area contributed by atoms with Crippen LogP contribution in [0, 0.1) is 0 Å². The molecule has 13 heteroatoms. The van der Waals surface area contributed by atoms with Crippen LogP contribution in [0.5, 0.6) is 0 Å². The van der Waals surface area contributed by atoms with Crippen molar-refractivity contribution in [3.63, 3.8) is 0 Å². The van der Waals surface area contributed by atoms with E-state index in [0.29, 0.717) is 32.2 Å². The fraction of sp³-hybridized carbons (Fsp3) is 0.333. The average Bonchev–Trinajstić information content (AvgIpc) is 3.11. The molecule has 0 aromatic heterocycles. The second-order valence-corrected chi connectivity index (χ2v) is 10.8. The number of hydrogen-bond donors (Lipinski definition) is 0. The van der Waals surface area contributed by atoms with Gasteiger partial charge in [-0.05, 0) is 93.4 Å². The van der Waals surface area contributed by atoms with E-state index in [4.69, 9.17) is 37.9 Å². The van der Waals surface area contributed by atoms with Gasteiger partial charge in [-0.2, -0.15) is 0 Å². The van der Waals surface area contributed by atoms with Crippen LogP contribution in [0.3, 0.4) is 0 Å². The van der Waals surface area contributed by atoms with E-state index < -0.39 is 0 Å². The van der Waals surface area contributed by atoms with Crippen molar-refractivity contribution in [3.05, 3.63) is 108 Å². The molecule has 0 aliphatic rings. The zero-order valence-electron chi connectivity index (χ0n) is 28.9. The van der Waals surface area contributed by atoms with Gasteiger partial charge in [0.2, 0.25) is 0 Å². The predicted octanol–water partition coefficient (Wildman–Crippen LogP) is 6.21. The molecule has 0 bridgehead atoms. The van der Waals surface area contributed by atoms with Gasteiger partial charge >= 0.3 is 16.8 Å². The minimum Gasteiger partial charge on any atom is -0.742 e. The molecule has 0 aliphatic heterocycles. The quantitative estimate of drug-likeness (QED) is 0.143. The zero-order valence-corrected chi connectivity index (χ0v) is 32.4. The number of benzene rings is 3. The Morgan fingerprint density at radius 2 is 0.612 bits per heavy atom. The molecule has 3 amide bonds. The maximum absolute atomic E-state index is 11.7. The summed E-state index contributed by atoms with van der Waals surface area (Å²) in [5.41, 5.74) is 1.70. The molecule has 264 valence electrons. The first-order chi connectivity index (χ1) is 23.1. The maximum atomic E-state index is 11.7. The van der Waals surface area contributed by atoms with Crippen LogP contribution < -0.4 is 0 Å². The molecule has 0 fully saturated rings. The Balaban J connectivity index is 0.000000698. The summed E-state index contributed by atoms with van der Waals surface area (Å²) >= 11 is 15.3. The van der Waals surface area contributed by atoms with Crippen molar-refractivity contribution >= 4 is 71.1 Å². The van der Waals surface area contributed by atoms with Crippen LogP contribution >= 0.6 is 0 Å². The van der Waals surface area contributed by atoms with Crippen LogP contribution in [0.25, 0.3) is 0 Å². The van der Waals surface area contributed by atoms with Crippen molar-refractivity contribution in [3.8, 4) is 0 Å². The summed E-state index contributed by atoms with van der Waals surface area (Å²) in [6, 6.07) is 26.8. The van der Waals surface area contributed by atoms with Crippen molar-refractivity contribution < 1.29 is 31.2 Å². The second-order valence-electron chi connectivity index (χ2n) is 9.71. The third-order valence-corrected chi connectivity index (χ3v) is 7.80. The summed E-state index contributed by atoms with van der Waals surface area (Å²) in [5, 5.41) is 1.08. The van der Waals surface area contributed by atoms with Crippen LogP contribution in [0.4, 0.5) is 0 Å². The molecule has 0 aliphatic carbocycles. The molecule has 0 heterocycles. The van der Waals surface area contributed by atoms with E-state index in [-0.39, 0.29) is 34.5 Å². The van der Waals surface area contributed by atoms with Gasteiger partial charge in [0.05, 0.1) is 0 Å². The van der Waals surface area contributed by atoms with E-state index in [1.165, 1.54) is 0 Å². The average molecular weight is 765 g/mol. The topological polar surface area (TPSA) is 98.0 Å². The standard InChI is InChI=1S/3C12H16N2OS.Co/c3*1-3-14(4-2)12(16)13-11(15)10-8-6-5-7-9-10;/h3*5-9H,3-4H2,1-2H3,(H,13,15,16);/q;;;+3/p-3. The Morgan fingerprint density at radius 3 is 0.776 bits per heavy atom. The summed E-state index contributed by atoms with van der Waals surface area (Å²) in [6.45, 7) is 16.5. The van der Waals surface area contributed by atoms with Crippen molar-refractivity contribution in [2.75, 3.05) is 39.3 Å². The largest absolute Gasteiger partial charge is 3.00 e. The van der Waals surface area contributed by atoms with E-state index in [1.807, 2.05) is 111 Å². The SMILES string of the molecule is CCN(CC)C([S-])=NC(=O)c1ccccc1.CCN(CC)C([S-])=NC(=O)c1ccccc1.CCN(CC)C([S-])=NC(=O)c1ccccc1.[Co+3]. The fourth-order valence-corrected chi connectivity index (χ4v) is 4.91. The Bertz CT molecular complexity index is 1300. The van der Waals surface area contributed by atoms with Crippen LogP contribution in [-0.2, 0) is 54.7 Å². The second kappa shape index (κ2) is 26.2. The van der Waals surface area contributed by atoms with Crippen LogP contribution in [0.2, 0.25) is 0 Å². The van der Waals surface area contributed by atoms with E-state index in [9.17, 15) is 14.4 Å². The molecule has 0 saturated carbocycles. The molecule has 0 saturated heterocycles. The molecule has 0 unspecified atom stereocenters. The molecular weight excluding hydrogens is 720 g/mol. The van der Waals surface area contributed by atoms with Gasteiger partial charge < -0.3 is 52.6 Å². The van der Waals surface area contributed by atoms with E-state index in [2.05, 4.69) is 15.0 Å². The molecule has 49 heavy (non-hydrogen) atoms. The Hall–Kier alpha value is -3.75. The van der Waals surface area contributed by atoms with Gasteiger partial charge in [0, 0.05) is 56.0 Å². The normalized spacial score (nSPS) is 11.0. The van der Waals surface area contributed by atoms with Crippen molar-refractivity contribution in [1.29, 1.82) is 0 Å². The summed E-state index contributed by atoms with van der Waals surface area (Å²) in [5.74, 6) is -0.840. The van der Waals surface area contributed by atoms with Crippen molar-refractivity contribution in [2.45, 2.75) is 41.5 Å². The van der Waals surface area contributed by atoms with Crippen molar-refractivity contribution in [1.82, 2.24) is 14.7 Å². The predicted molar refractivity (Wildman–Crippen MR) is 205 cm³/mol. The van der Waals surface area contributed by atoms with Gasteiger partial charge in [-0.1, -0.05) is 54.6 Å². The van der Waals surface area contributed by atoms with Crippen molar-refractivity contribution in [2.24, 2.45) is 15.0 Å². The number of hydrogen-bond acceptors (Lipinski definition) is 6. The number of nitrogens with zero attached hydrogens (tertiary/aromatic N) is 6. The molecule has 0 radical (unpaired) electrons. The first-order valence-corrected chi connectivity index (χ1v) is 17.1. The van der Waals surface area contributed by atoms with Gasteiger partial charge in [-0.15, -0.1) is 0 Å². The van der Waals surface area contributed by atoms with Crippen LogP contribution in [-0.4, -0.2) is 87.2 Å². The monoisotopic (exact) mass is 764 g/mol. The van der Waals surface area contributed by atoms with Gasteiger partial charge in [-0.25, -0.2) is 15.0 Å². The summed E-state index contributed by atoms with van der Waals surface area (Å²) in [7, 11) is 0. The molecule has 3 rings (SSSR count). The number of amides is 3. The number of amidine groups is 3. The van der Waals surface area contributed by atoms with Gasteiger partial charge in [-0.3, -0.25) is 14.4 Å². The molecular formula is C36H45CoN6O3S3. The molecule has 3 aromatic carbocycles. The number of aliphatic imine (C=N–C) groups is 3. The van der Waals surface area contributed by atoms with Crippen LogP contribution in [0.1, 0.15) is 72.6 Å². The minimum atomic E-state index is -0.280. The Labute approximate surface area is 318 Å². The van der Waals surface area contributed by atoms with Gasteiger partial charge in [0.25, 0.3) is 17.7 Å². The molecule has 9 nitrogen and oxygen atoms in total. The number of carbonyl (C=O) groups excluding carboxylic acids is 3. The third kappa shape index (κ3) is 17.0. The van der Waals surface area contributed by atoms with E-state index in [1.54, 1.807) is 36.4 Å². The Kier molecular flexibility index (Phi) is 24.2. The maximum Gasteiger partial charge on any atom is 3.00 e. The number of rotatable bonds is 9. The zero-order chi connectivity index (χ0) is 35.9. The van der Waals surface area contributed by atoms with Crippen LogP contribution in [0.15, 0.2) is 106 Å². The van der Waals surface area contributed by atoms with Gasteiger partial charge in [0.15, 0.2) is 0 Å². The molecule has 0 atom stereocenters. The smallest absolute Gasteiger partial charge is 0.742 e. The Morgan fingerprint density at radius 1 is 0.429 bits per heavy atom. The van der Waals surface area contributed by atoms with E-state index >= 15 is 0 Å². The minimum absolute atomic E-state index is 0. The molecule has 0 N–H and O–H groups in total. The third-order valence-electron chi connectivity index (χ3n) is 6.76. The first-order valence-electron chi connectivity index (χ1n) is 15.9.